The molecule has 19 heavy (non-hydrogen) atoms. The largest absolute Gasteiger partial charge is 0.442 e. The zero-order valence-electron chi connectivity index (χ0n) is 9.69. The molecule has 1 heterocycles. The molecule has 0 bridgehead atoms. The summed E-state index contributed by atoms with van der Waals surface area (Å²) in [6, 6.07) is 12.2. The van der Waals surface area contributed by atoms with Gasteiger partial charge in [-0.15, -0.1) is 0 Å². The van der Waals surface area contributed by atoms with Crippen molar-refractivity contribution in [2.45, 2.75) is 11.7 Å². The van der Waals surface area contributed by atoms with Crippen LogP contribution in [0.4, 0.5) is 0 Å². The van der Waals surface area contributed by atoms with Crippen LogP contribution in [0, 0.1) is 0 Å². The van der Waals surface area contributed by atoms with Crippen molar-refractivity contribution >= 4 is 25.9 Å². The van der Waals surface area contributed by atoms with Crippen LogP contribution in [0.1, 0.15) is 11.3 Å². The fraction of sp³-hybridized carbons (Fsp3) is 0.0833. The minimum absolute atomic E-state index is 0.243. The van der Waals surface area contributed by atoms with Crippen LogP contribution in [0.25, 0.3) is 0 Å². The van der Waals surface area contributed by atoms with Gasteiger partial charge in [-0.1, -0.05) is 35.5 Å². The van der Waals surface area contributed by atoms with Crippen LogP contribution >= 0.6 is 10.7 Å². The first-order chi connectivity index (χ1) is 9.05. The van der Waals surface area contributed by atoms with E-state index in [4.69, 9.17) is 19.9 Å². The van der Waals surface area contributed by atoms with E-state index >= 15 is 0 Å². The third-order valence-corrected chi connectivity index (χ3v) is 3.33. The molecule has 0 amide bonds. The second-order valence-corrected chi connectivity index (χ2v) is 6.09. The Morgan fingerprint density at radius 3 is 2.58 bits per heavy atom. The van der Waals surface area contributed by atoms with Crippen molar-refractivity contribution in [3.63, 3.8) is 0 Å². The monoisotopic (exact) mass is 299 g/mol. The number of benzene rings is 1. The van der Waals surface area contributed by atoms with Crippen molar-refractivity contribution in [3.8, 4) is 0 Å². The average molecular weight is 300 g/mol. The summed E-state index contributed by atoms with van der Waals surface area (Å²) < 4.78 is 26.9. The van der Waals surface area contributed by atoms with Gasteiger partial charge < -0.3 is 9.25 Å². The van der Waals surface area contributed by atoms with Gasteiger partial charge in [-0.2, -0.15) is 0 Å². The molecule has 7 heteroatoms. The SMILES string of the molecule is O=S(=O)(Cl)c1ccc(C=NOCc2ccccc2)o1. The van der Waals surface area contributed by atoms with E-state index in [9.17, 15) is 8.42 Å². The van der Waals surface area contributed by atoms with Gasteiger partial charge in [-0.25, -0.2) is 8.42 Å². The molecule has 0 atom stereocenters. The number of oxime groups is 1. The van der Waals surface area contributed by atoms with E-state index in [-0.39, 0.29) is 10.9 Å². The maximum atomic E-state index is 11.0. The van der Waals surface area contributed by atoms with E-state index in [1.165, 1.54) is 18.3 Å². The van der Waals surface area contributed by atoms with Gasteiger partial charge in [0.2, 0.25) is 5.09 Å². The van der Waals surface area contributed by atoms with Crippen LogP contribution in [-0.2, 0) is 20.5 Å². The minimum Gasteiger partial charge on any atom is -0.442 e. The van der Waals surface area contributed by atoms with Crippen LogP contribution < -0.4 is 0 Å². The van der Waals surface area contributed by atoms with Gasteiger partial charge in [0.1, 0.15) is 18.6 Å². The lowest BCUT2D eigenvalue weighted by Crippen LogP contribution is -1.87. The van der Waals surface area contributed by atoms with Gasteiger partial charge in [0, 0.05) is 10.7 Å². The average Bonchev–Trinajstić information content (AvgIpc) is 2.85. The first kappa shape index (κ1) is 13.6. The summed E-state index contributed by atoms with van der Waals surface area (Å²) in [7, 11) is 1.26. The van der Waals surface area contributed by atoms with Crippen molar-refractivity contribution in [3.05, 3.63) is 53.8 Å². The number of hydrogen-bond acceptors (Lipinski definition) is 5. The Kier molecular flexibility index (Phi) is 4.24. The number of hydrogen-bond donors (Lipinski definition) is 0. The van der Waals surface area contributed by atoms with E-state index in [0.29, 0.717) is 6.61 Å². The Labute approximate surface area is 114 Å². The fourth-order valence-electron chi connectivity index (χ4n) is 1.31. The molecule has 0 aliphatic heterocycles. The highest BCUT2D eigenvalue weighted by atomic mass is 35.7. The maximum Gasteiger partial charge on any atom is 0.294 e. The molecular formula is C12H10ClNO4S. The van der Waals surface area contributed by atoms with Gasteiger partial charge >= 0.3 is 0 Å². The highest BCUT2D eigenvalue weighted by Gasteiger charge is 2.14. The second kappa shape index (κ2) is 5.90. The molecule has 0 saturated heterocycles. The number of nitrogens with zero attached hydrogens (tertiary/aromatic N) is 1. The quantitative estimate of drug-likeness (QED) is 0.483. The third kappa shape index (κ3) is 4.11. The molecule has 0 N–H and O–H groups in total. The van der Waals surface area contributed by atoms with Gasteiger partial charge in [-0.05, 0) is 17.7 Å². The molecule has 0 unspecified atom stereocenters. The molecule has 0 spiro atoms. The van der Waals surface area contributed by atoms with Crippen molar-refractivity contribution in [1.82, 2.24) is 0 Å². The van der Waals surface area contributed by atoms with Crippen molar-refractivity contribution < 1.29 is 17.7 Å². The van der Waals surface area contributed by atoms with E-state index in [2.05, 4.69) is 5.16 Å². The lowest BCUT2D eigenvalue weighted by atomic mass is 10.2. The Hall–Kier alpha value is -1.79. The molecule has 100 valence electrons. The molecule has 0 saturated carbocycles. The third-order valence-electron chi connectivity index (χ3n) is 2.17. The highest BCUT2D eigenvalue weighted by Crippen LogP contribution is 2.17. The molecule has 2 rings (SSSR count). The Balaban J connectivity index is 1.91. The molecule has 5 nitrogen and oxygen atoms in total. The topological polar surface area (TPSA) is 68.9 Å². The number of rotatable bonds is 5. The summed E-state index contributed by atoms with van der Waals surface area (Å²) in [5.74, 6) is 0.243. The second-order valence-electron chi connectivity index (χ2n) is 3.59. The van der Waals surface area contributed by atoms with Crippen LogP contribution in [0.5, 0.6) is 0 Å². The van der Waals surface area contributed by atoms with Crippen molar-refractivity contribution in [1.29, 1.82) is 0 Å². The van der Waals surface area contributed by atoms with Gasteiger partial charge in [0.25, 0.3) is 9.05 Å². The number of halogens is 1. The van der Waals surface area contributed by atoms with Crippen molar-refractivity contribution in [2.75, 3.05) is 0 Å². The Morgan fingerprint density at radius 2 is 1.95 bits per heavy atom. The molecule has 1 aromatic carbocycles. The summed E-state index contributed by atoms with van der Waals surface area (Å²) in [5, 5.41) is 3.35. The highest BCUT2D eigenvalue weighted by molar-refractivity contribution is 8.13. The summed E-state index contributed by atoms with van der Waals surface area (Å²) in [6.07, 6.45) is 1.27. The lowest BCUT2D eigenvalue weighted by Gasteiger charge is -1.97. The molecule has 0 fully saturated rings. The maximum absolute atomic E-state index is 11.0. The van der Waals surface area contributed by atoms with E-state index in [1.54, 1.807) is 0 Å². The standard InChI is InChI=1S/C12H10ClNO4S/c13-19(15,16)12-7-6-11(18-12)8-14-17-9-10-4-2-1-3-5-10/h1-8H,9H2. The van der Waals surface area contributed by atoms with Crippen LogP contribution in [-0.4, -0.2) is 14.6 Å². The fourth-order valence-corrected chi connectivity index (χ4v) is 1.99. The van der Waals surface area contributed by atoms with E-state index < -0.39 is 9.05 Å². The van der Waals surface area contributed by atoms with Crippen LogP contribution in [0.15, 0.2) is 57.1 Å². The first-order valence-electron chi connectivity index (χ1n) is 5.29. The zero-order chi connectivity index (χ0) is 13.7. The molecule has 1 aromatic heterocycles. The molecule has 0 radical (unpaired) electrons. The summed E-state index contributed by atoms with van der Waals surface area (Å²) in [5.41, 5.74) is 0.975. The lowest BCUT2D eigenvalue weighted by molar-refractivity contribution is 0.131. The predicted molar refractivity (Wildman–Crippen MR) is 70.6 cm³/mol. The smallest absolute Gasteiger partial charge is 0.294 e. The van der Waals surface area contributed by atoms with Gasteiger partial charge in [0.05, 0.1) is 0 Å². The molecule has 0 aliphatic carbocycles. The van der Waals surface area contributed by atoms with E-state index in [1.807, 2.05) is 30.3 Å². The summed E-state index contributed by atoms with van der Waals surface area (Å²) >= 11 is 0. The normalized spacial score (nSPS) is 11.8. The molecule has 0 aliphatic rings. The Bertz CT molecular complexity index is 664. The number of furan rings is 1. The minimum atomic E-state index is -3.85. The zero-order valence-corrected chi connectivity index (χ0v) is 11.3. The van der Waals surface area contributed by atoms with Gasteiger partial charge in [-0.3, -0.25) is 0 Å². The molecule has 2 aromatic rings. The van der Waals surface area contributed by atoms with Crippen molar-refractivity contribution in [2.24, 2.45) is 5.16 Å². The molecular weight excluding hydrogens is 290 g/mol. The first-order valence-corrected chi connectivity index (χ1v) is 7.60. The van der Waals surface area contributed by atoms with E-state index in [0.717, 1.165) is 5.56 Å². The van der Waals surface area contributed by atoms with Crippen LogP contribution in [0.2, 0.25) is 0 Å². The predicted octanol–water partition coefficient (Wildman–Crippen LogP) is 2.76. The summed E-state index contributed by atoms with van der Waals surface area (Å²) in [6.45, 7) is 0.318. The van der Waals surface area contributed by atoms with Gasteiger partial charge in [0.15, 0.2) is 0 Å². The van der Waals surface area contributed by atoms with Crippen LogP contribution in [0.3, 0.4) is 0 Å². The Morgan fingerprint density at radius 1 is 1.21 bits per heavy atom. The summed E-state index contributed by atoms with van der Waals surface area (Å²) in [4.78, 5) is 5.05.